The average molecular weight is 380 g/mol. The molecule has 0 saturated heterocycles. The van der Waals surface area contributed by atoms with Gasteiger partial charge in [-0.15, -0.1) is 16.4 Å². The molecule has 0 atom stereocenters. The van der Waals surface area contributed by atoms with E-state index in [1.165, 1.54) is 22.2 Å². The van der Waals surface area contributed by atoms with Gasteiger partial charge in [-0.05, 0) is 27.3 Å². The van der Waals surface area contributed by atoms with Crippen molar-refractivity contribution in [2.75, 3.05) is 5.73 Å². The molecule has 134 valence electrons. The first-order chi connectivity index (χ1) is 13.2. The summed E-state index contributed by atoms with van der Waals surface area (Å²) >= 11 is 1.41. The Labute approximate surface area is 156 Å². The lowest BCUT2D eigenvalue weighted by Crippen LogP contribution is -2.19. The summed E-state index contributed by atoms with van der Waals surface area (Å²) in [5.41, 5.74) is 9.54. The first-order valence-electron chi connectivity index (χ1n) is 7.70. The van der Waals surface area contributed by atoms with Gasteiger partial charge in [0.2, 0.25) is 11.6 Å². The van der Waals surface area contributed by atoms with Gasteiger partial charge in [-0.3, -0.25) is 4.79 Å². The summed E-state index contributed by atoms with van der Waals surface area (Å²) in [5, 5.41) is 21.0. The van der Waals surface area contributed by atoms with Gasteiger partial charge >= 0.3 is 0 Å². The van der Waals surface area contributed by atoms with Crippen molar-refractivity contribution in [2.45, 2.75) is 0 Å². The van der Waals surface area contributed by atoms with Crippen LogP contribution in [0, 0.1) is 0 Å². The number of thiophene rings is 1. The number of carbonyl (C=O) groups excluding carboxylic acids is 1. The van der Waals surface area contributed by atoms with Crippen LogP contribution in [0.15, 0.2) is 57.6 Å². The van der Waals surface area contributed by atoms with Crippen LogP contribution in [0.5, 0.6) is 0 Å². The molecule has 1 amide bonds. The van der Waals surface area contributed by atoms with E-state index in [1.54, 1.807) is 0 Å². The molecule has 4 rings (SSSR count). The number of nitrogen functional groups attached to an aromatic ring is 1. The van der Waals surface area contributed by atoms with Crippen molar-refractivity contribution in [3.63, 3.8) is 0 Å². The van der Waals surface area contributed by atoms with Crippen LogP contribution in [-0.4, -0.2) is 37.4 Å². The zero-order valence-electron chi connectivity index (χ0n) is 13.7. The molecule has 3 N–H and O–H groups in total. The highest BCUT2D eigenvalue weighted by atomic mass is 32.1. The Bertz CT molecular complexity index is 1090. The van der Waals surface area contributed by atoms with E-state index in [1.807, 2.05) is 47.8 Å². The van der Waals surface area contributed by atoms with Crippen LogP contribution in [0.25, 0.3) is 16.4 Å². The van der Waals surface area contributed by atoms with Crippen molar-refractivity contribution < 1.29 is 9.42 Å². The molecule has 0 fully saturated rings. The standard InChI is InChI=1S/C16H12N8O2S/c17-14-15(22-26-21-14)24-13(11-7-4-8-27-11)12(19-23-24)16(25)20-18-9-10-5-2-1-3-6-10/h1-9H,(H2,17,21)(H,20,25)/b18-9-. The third-order valence-corrected chi connectivity index (χ3v) is 4.39. The highest BCUT2D eigenvalue weighted by Gasteiger charge is 2.25. The van der Waals surface area contributed by atoms with E-state index < -0.39 is 5.91 Å². The summed E-state index contributed by atoms with van der Waals surface area (Å²) in [4.78, 5) is 13.3. The largest absolute Gasteiger partial charge is 0.378 e. The topological polar surface area (TPSA) is 137 Å². The Morgan fingerprint density at radius 1 is 1.22 bits per heavy atom. The number of rotatable bonds is 5. The molecule has 0 spiro atoms. The van der Waals surface area contributed by atoms with E-state index in [0.717, 1.165) is 10.4 Å². The van der Waals surface area contributed by atoms with Crippen molar-refractivity contribution in [2.24, 2.45) is 5.10 Å². The Morgan fingerprint density at radius 2 is 2.07 bits per heavy atom. The molecular formula is C16H12N8O2S. The minimum absolute atomic E-state index is 0.0340. The van der Waals surface area contributed by atoms with Gasteiger partial charge in [0.05, 0.1) is 11.1 Å². The van der Waals surface area contributed by atoms with Crippen molar-refractivity contribution in [1.82, 2.24) is 30.7 Å². The van der Waals surface area contributed by atoms with Crippen molar-refractivity contribution >= 4 is 29.3 Å². The monoisotopic (exact) mass is 380 g/mol. The SMILES string of the molecule is Nc1nonc1-n1nnc(C(=O)N/N=C\c2ccccc2)c1-c1cccs1. The number of hydrogen-bond donors (Lipinski definition) is 2. The van der Waals surface area contributed by atoms with Crippen LogP contribution in [0.1, 0.15) is 16.1 Å². The number of benzene rings is 1. The quantitative estimate of drug-likeness (QED) is 0.397. The number of nitrogens with two attached hydrogens (primary N) is 1. The second-order valence-corrected chi connectivity index (χ2v) is 6.21. The Balaban J connectivity index is 1.66. The molecule has 0 aliphatic carbocycles. The molecule has 4 aromatic rings. The van der Waals surface area contributed by atoms with Crippen LogP contribution in [0.2, 0.25) is 0 Å². The molecule has 27 heavy (non-hydrogen) atoms. The molecule has 3 heterocycles. The first-order valence-corrected chi connectivity index (χ1v) is 8.58. The minimum atomic E-state index is -0.521. The van der Waals surface area contributed by atoms with Gasteiger partial charge in [0.1, 0.15) is 5.69 Å². The molecule has 0 unspecified atom stereocenters. The lowest BCUT2D eigenvalue weighted by atomic mass is 10.2. The molecule has 0 aliphatic rings. The van der Waals surface area contributed by atoms with E-state index in [9.17, 15) is 4.79 Å². The maximum atomic E-state index is 12.6. The van der Waals surface area contributed by atoms with Gasteiger partial charge in [-0.1, -0.05) is 41.6 Å². The summed E-state index contributed by atoms with van der Waals surface area (Å²) in [6.45, 7) is 0. The number of hydrazone groups is 1. The summed E-state index contributed by atoms with van der Waals surface area (Å²) in [6.07, 6.45) is 1.53. The number of aromatic nitrogens is 5. The number of hydrogen-bond acceptors (Lipinski definition) is 9. The molecule has 10 nitrogen and oxygen atoms in total. The minimum Gasteiger partial charge on any atom is -0.378 e. The van der Waals surface area contributed by atoms with Crippen LogP contribution in [0.3, 0.4) is 0 Å². The first kappa shape index (κ1) is 16.6. The van der Waals surface area contributed by atoms with Gasteiger partial charge in [-0.2, -0.15) is 9.78 Å². The van der Waals surface area contributed by atoms with Crippen LogP contribution < -0.4 is 11.2 Å². The zero-order valence-corrected chi connectivity index (χ0v) is 14.5. The number of amides is 1. The van der Waals surface area contributed by atoms with E-state index >= 15 is 0 Å². The van der Waals surface area contributed by atoms with Crippen molar-refractivity contribution in [3.05, 3.63) is 59.1 Å². The fourth-order valence-corrected chi connectivity index (χ4v) is 3.07. The van der Waals surface area contributed by atoms with Gasteiger partial charge in [0.15, 0.2) is 5.69 Å². The molecule has 11 heteroatoms. The summed E-state index contributed by atoms with van der Waals surface area (Å²) < 4.78 is 5.93. The third kappa shape index (κ3) is 3.30. The number of carbonyl (C=O) groups is 1. The second-order valence-electron chi connectivity index (χ2n) is 5.26. The maximum Gasteiger partial charge on any atom is 0.294 e. The Kier molecular flexibility index (Phi) is 4.41. The summed E-state index contributed by atoms with van der Waals surface area (Å²) in [6, 6.07) is 13.0. The second kappa shape index (κ2) is 7.17. The lowest BCUT2D eigenvalue weighted by molar-refractivity contribution is 0.0951. The van der Waals surface area contributed by atoms with Gasteiger partial charge in [0.25, 0.3) is 5.91 Å². The molecule has 0 aliphatic heterocycles. The lowest BCUT2D eigenvalue weighted by Gasteiger charge is -2.03. The van der Waals surface area contributed by atoms with Crippen LogP contribution >= 0.6 is 11.3 Å². The van der Waals surface area contributed by atoms with E-state index in [0.29, 0.717) is 5.69 Å². The number of anilines is 1. The predicted molar refractivity (Wildman–Crippen MR) is 98.4 cm³/mol. The third-order valence-electron chi connectivity index (χ3n) is 3.52. The van der Waals surface area contributed by atoms with Gasteiger partial charge in [-0.25, -0.2) is 10.1 Å². The number of nitrogens with one attached hydrogen (secondary N) is 1. The fraction of sp³-hybridized carbons (Fsp3) is 0. The van der Waals surface area contributed by atoms with E-state index in [4.69, 9.17) is 5.73 Å². The van der Waals surface area contributed by atoms with Crippen LogP contribution in [-0.2, 0) is 0 Å². The summed E-state index contributed by atoms with van der Waals surface area (Å²) in [5.74, 6) is -0.337. The molecule has 0 bridgehead atoms. The van der Waals surface area contributed by atoms with Gasteiger partial charge in [0, 0.05) is 0 Å². The van der Waals surface area contributed by atoms with E-state index in [-0.39, 0.29) is 17.3 Å². The molecular weight excluding hydrogens is 368 g/mol. The zero-order chi connectivity index (χ0) is 18.6. The smallest absolute Gasteiger partial charge is 0.294 e. The molecule has 1 aromatic carbocycles. The van der Waals surface area contributed by atoms with Gasteiger partial charge < -0.3 is 5.73 Å². The van der Waals surface area contributed by atoms with Crippen molar-refractivity contribution in [3.8, 4) is 16.4 Å². The Morgan fingerprint density at radius 3 is 2.78 bits per heavy atom. The number of nitrogens with zero attached hydrogens (tertiary/aromatic N) is 6. The highest BCUT2D eigenvalue weighted by Crippen LogP contribution is 2.29. The normalized spacial score (nSPS) is 11.1. The Hall–Kier alpha value is -3.86. The maximum absolute atomic E-state index is 12.6. The van der Waals surface area contributed by atoms with Crippen molar-refractivity contribution in [1.29, 1.82) is 0 Å². The van der Waals surface area contributed by atoms with Crippen LogP contribution in [0.4, 0.5) is 5.82 Å². The molecule has 0 radical (unpaired) electrons. The average Bonchev–Trinajstić information content (AvgIpc) is 3.42. The summed E-state index contributed by atoms with van der Waals surface area (Å²) in [7, 11) is 0. The molecule has 3 aromatic heterocycles. The predicted octanol–water partition coefficient (Wildman–Crippen LogP) is 1.72. The highest BCUT2D eigenvalue weighted by molar-refractivity contribution is 7.13. The fourth-order valence-electron chi connectivity index (χ4n) is 2.31. The van der Waals surface area contributed by atoms with E-state index in [2.05, 4.69) is 35.8 Å². The molecule has 0 saturated carbocycles.